The third-order valence-corrected chi connectivity index (χ3v) is 3.78. The first-order valence-corrected chi connectivity index (χ1v) is 8.38. The fourth-order valence-electron chi connectivity index (χ4n) is 2.47. The van der Waals surface area contributed by atoms with Gasteiger partial charge in [0, 0.05) is 18.5 Å². The van der Waals surface area contributed by atoms with Crippen LogP contribution in [0.15, 0.2) is 48.5 Å². The molecule has 124 valence electrons. The summed E-state index contributed by atoms with van der Waals surface area (Å²) in [6.45, 7) is 4.67. The van der Waals surface area contributed by atoms with E-state index < -0.39 is 0 Å². The first-order chi connectivity index (χ1) is 11.3. The molecule has 3 heteroatoms. The lowest BCUT2D eigenvalue weighted by atomic mass is 10.1. The highest BCUT2D eigenvalue weighted by atomic mass is 16.5. The molecule has 2 aromatic carbocycles. The Kier molecular flexibility index (Phi) is 7.47. The molecular formula is C20H27NO2. The zero-order valence-corrected chi connectivity index (χ0v) is 14.2. The van der Waals surface area contributed by atoms with E-state index >= 15 is 0 Å². The summed E-state index contributed by atoms with van der Waals surface area (Å²) < 4.78 is 11.5. The molecule has 0 atom stereocenters. The van der Waals surface area contributed by atoms with E-state index in [9.17, 15) is 0 Å². The Balaban J connectivity index is 1.97. The van der Waals surface area contributed by atoms with Gasteiger partial charge in [-0.2, -0.15) is 0 Å². The van der Waals surface area contributed by atoms with E-state index in [1.165, 1.54) is 18.4 Å². The molecule has 0 saturated carbocycles. The maximum absolute atomic E-state index is 6.06. The van der Waals surface area contributed by atoms with Crippen LogP contribution in [0.2, 0.25) is 0 Å². The van der Waals surface area contributed by atoms with Crippen molar-refractivity contribution in [3.8, 4) is 11.5 Å². The van der Waals surface area contributed by atoms with Crippen LogP contribution in [0.5, 0.6) is 11.5 Å². The highest BCUT2D eigenvalue weighted by Crippen LogP contribution is 2.31. The molecule has 0 spiro atoms. The van der Waals surface area contributed by atoms with E-state index in [0.717, 1.165) is 36.6 Å². The quantitative estimate of drug-likeness (QED) is 0.667. The molecule has 2 rings (SSSR count). The Bertz CT molecular complexity index is 569. The van der Waals surface area contributed by atoms with Crippen LogP contribution < -0.4 is 14.8 Å². The van der Waals surface area contributed by atoms with Crippen molar-refractivity contribution < 1.29 is 9.47 Å². The minimum Gasteiger partial charge on any atom is -0.493 e. The van der Waals surface area contributed by atoms with Crippen molar-refractivity contribution in [2.75, 3.05) is 20.3 Å². The number of rotatable bonds is 10. The molecule has 0 heterocycles. The monoisotopic (exact) mass is 313 g/mol. The van der Waals surface area contributed by atoms with Crippen molar-refractivity contribution in [1.29, 1.82) is 0 Å². The summed E-state index contributed by atoms with van der Waals surface area (Å²) in [5, 5.41) is 3.47. The highest BCUT2D eigenvalue weighted by Gasteiger charge is 2.10. The van der Waals surface area contributed by atoms with Crippen molar-refractivity contribution >= 4 is 0 Å². The van der Waals surface area contributed by atoms with Gasteiger partial charge in [0.25, 0.3) is 0 Å². The zero-order valence-electron chi connectivity index (χ0n) is 14.2. The van der Waals surface area contributed by atoms with Gasteiger partial charge < -0.3 is 14.8 Å². The summed E-state index contributed by atoms with van der Waals surface area (Å²) in [5.74, 6) is 1.66. The standard InChI is InChI=1S/C20H27NO2/c1-3-4-14-21-16-18-11-8-12-19(22-2)20(18)23-15-13-17-9-6-5-7-10-17/h5-12,21H,3-4,13-16H2,1-2H3. The third kappa shape index (κ3) is 5.61. The Hall–Kier alpha value is -2.00. The fourth-order valence-corrected chi connectivity index (χ4v) is 2.47. The van der Waals surface area contributed by atoms with Gasteiger partial charge >= 0.3 is 0 Å². The summed E-state index contributed by atoms with van der Waals surface area (Å²) in [5.41, 5.74) is 2.43. The Morgan fingerprint density at radius 3 is 2.57 bits per heavy atom. The smallest absolute Gasteiger partial charge is 0.165 e. The van der Waals surface area contributed by atoms with E-state index in [0.29, 0.717) is 6.61 Å². The molecule has 1 N–H and O–H groups in total. The van der Waals surface area contributed by atoms with Gasteiger partial charge in [-0.3, -0.25) is 0 Å². The number of hydrogen-bond donors (Lipinski definition) is 1. The molecule has 23 heavy (non-hydrogen) atoms. The second kappa shape index (κ2) is 9.90. The second-order valence-electron chi connectivity index (χ2n) is 5.56. The van der Waals surface area contributed by atoms with Gasteiger partial charge in [0.15, 0.2) is 11.5 Å². The molecule has 0 aromatic heterocycles. The van der Waals surface area contributed by atoms with Crippen LogP contribution in [0.4, 0.5) is 0 Å². The Morgan fingerprint density at radius 2 is 1.83 bits per heavy atom. The average Bonchev–Trinajstić information content (AvgIpc) is 2.60. The highest BCUT2D eigenvalue weighted by molar-refractivity contribution is 5.46. The van der Waals surface area contributed by atoms with Crippen LogP contribution in [0, 0.1) is 0 Å². The molecule has 0 unspecified atom stereocenters. The number of para-hydroxylation sites is 1. The van der Waals surface area contributed by atoms with E-state index in [2.05, 4.69) is 42.6 Å². The van der Waals surface area contributed by atoms with Gasteiger partial charge in [0.1, 0.15) is 0 Å². The molecule has 0 saturated heterocycles. The lowest BCUT2D eigenvalue weighted by Crippen LogP contribution is -2.16. The summed E-state index contributed by atoms with van der Waals surface area (Å²) in [7, 11) is 1.69. The second-order valence-corrected chi connectivity index (χ2v) is 5.56. The first kappa shape index (κ1) is 17.4. The molecule has 0 aliphatic heterocycles. The molecular weight excluding hydrogens is 286 g/mol. The Labute approximate surface area is 139 Å². The minimum absolute atomic E-state index is 0.645. The summed E-state index contributed by atoms with van der Waals surface area (Å²) in [4.78, 5) is 0. The molecule has 0 amide bonds. The molecule has 0 fully saturated rings. The largest absolute Gasteiger partial charge is 0.493 e. The maximum Gasteiger partial charge on any atom is 0.165 e. The fraction of sp³-hybridized carbons (Fsp3) is 0.400. The van der Waals surface area contributed by atoms with E-state index in [1.807, 2.05) is 18.2 Å². The Morgan fingerprint density at radius 1 is 1.00 bits per heavy atom. The van der Waals surface area contributed by atoms with E-state index in [-0.39, 0.29) is 0 Å². The topological polar surface area (TPSA) is 30.5 Å². The molecule has 0 aliphatic rings. The minimum atomic E-state index is 0.645. The molecule has 3 nitrogen and oxygen atoms in total. The lowest BCUT2D eigenvalue weighted by Gasteiger charge is -2.15. The van der Waals surface area contributed by atoms with Crippen LogP contribution in [0.1, 0.15) is 30.9 Å². The average molecular weight is 313 g/mol. The number of hydrogen-bond acceptors (Lipinski definition) is 3. The molecule has 0 radical (unpaired) electrons. The summed E-state index contributed by atoms with van der Waals surface area (Å²) in [6, 6.07) is 16.5. The summed E-state index contributed by atoms with van der Waals surface area (Å²) in [6.07, 6.45) is 3.28. The van der Waals surface area contributed by atoms with E-state index in [1.54, 1.807) is 7.11 Å². The lowest BCUT2D eigenvalue weighted by molar-refractivity contribution is 0.293. The van der Waals surface area contributed by atoms with Gasteiger partial charge in [-0.05, 0) is 24.6 Å². The predicted octanol–water partition coefficient (Wildman–Crippen LogP) is 4.21. The van der Waals surface area contributed by atoms with Crippen LogP contribution in [-0.4, -0.2) is 20.3 Å². The SMILES string of the molecule is CCCCNCc1cccc(OC)c1OCCc1ccccc1. The number of benzene rings is 2. The van der Waals surface area contributed by atoms with Crippen LogP contribution >= 0.6 is 0 Å². The van der Waals surface area contributed by atoms with Crippen LogP contribution in [0.25, 0.3) is 0 Å². The van der Waals surface area contributed by atoms with Crippen molar-refractivity contribution in [3.05, 3.63) is 59.7 Å². The van der Waals surface area contributed by atoms with Crippen molar-refractivity contribution in [2.24, 2.45) is 0 Å². The van der Waals surface area contributed by atoms with Crippen LogP contribution in [-0.2, 0) is 13.0 Å². The molecule has 2 aromatic rings. The zero-order chi connectivity index (χ0) is 16.3. The first-order valence-electron chi connectivity index (χ1n) is 8.38. The number of nitrogens with one attached hydrogen (secondary N) is 1. The number of unbranched alkanes of at least 4 members (excludes halogenated alkanes) is 1. The van der Waals surface area contributed by atoms with Crippen LogP contribution in [0.3, 0.4) is 0 Å². The van der Waals surface area contributed by atoms with Gasteiger partial charge in [-0.25, -0.2) is 0 Å². The van der Waals surface area contributed by atoms with Gasteiger partial charge in [0.05, 0.1) is 13.7 Å². The maximum atomic E-state index is 6.06. The van der Waals surface area contributed by atoms with Crippen molar-refractivity contribution in [2.45, 2.75) is 32.7 Å². The van der Waals surface area contributed by atoms with Gasteiger partial charge in [-0.15, -0.1) is 0 Å². The van der Waals surface area contributed by atoms with Gasteiger partial charge in [0.2, 0.25) is 0 Å². The third-order valence-electron chi connectivity index (χ3n) is 3.78. The normalized spacial score (nSPS) is 10.5. The van der Waals surface area contributed by atoms with Crippen molar-refractivity contribution in [1.82, 2.24) is 5.32 Å². The van der Waals surface area contributed by atoms with E-state index in [4.69, 9.17) is 9.47 Å². The number of methoxy groups -OCH3 is 1. The molecule has 0 aliphatic carbocycles. The summed E-state index contributed by atoms with van der Waals surface area (Å²) >= 11 is 0. The van der Waals surface area contributed by atoms with Gasteiger partial charge in [-0.1, -0.05) is 55.8 Å². The predicted molar refractivity (Wildman–Crippen MR) is 95.2 cm³/mol. The number of ether oxygens (including phenoxy) is 2. The van der Waals surface area contributed by atoms with Crippen molar-refractivity contribution in [3.63, 3.8) is 0 Å². The molecule has 0 bridgehead atoms.